The highest BCUT2D eigenvalue weighted by atomic mass is 79.9. The number of benzene rings is 1. The fraction of sp³-hybridized carbons (Fsp3) is 0.357. The van der Waals surface area contributed by atoms with Crippen molar-refractivity contribution < 1.29 is 9.90 Å². The number of carbonyl (C=O) groups is 1. The van der Waals surface area contributed by atoms with Gasteiger partial charge in [-0.05, 0) is 30.4 Å². The number of allylic oxidation sites excluding steroid dienone is 1. The van der Waals surface area contributed by atoms with Crippen molar-refractivity contribution in [2.45, 2.75) is 25.7 Å². The zero-order valence-electron chi connectivity index (χ0n) is 9.73. The molecule has 0 atom stereocenters. The van der Waals surface area contributed by atoms with Gasteiger partial charge in [-0.3, -0.25) is 4.79 Å². The lowest BCUT2D eigenvalue weighted by atomic mass is 10.1. The predicted molar refractivity (Wildman–Crippen MR) is 74.5 cm³/mol. The average molecular weight is 297 g/mol. The smallest absolute Gasteiger partial charge is 0.303 e. The normalized spacial score (nSPS) is 10.9. The van der Waals surface area contributed by atoms with Gasteiger partial charge in [-0.2, -0.15) is 0 Å². The number of carboxylic acids is 1. The van der Waals surface area contributed by atoms with Crippen molar-refractivity contribution in [1.82, 2.24) is 0 Å². The standard InChI is InChI=1S/C14H17BrO2/c15-11-2-1-4-12-7-9-13(10-8-12)5-3-6-14(16)17/h1,4,7-10H,2-3,5-6,11H2,(H,16,17). The molecule has 0 aliphatic rings. The van der Waals surface area contributed by atoms with E-state index in [2.05, 4.69) is 52.3 Å². The molecule has 1 N–H and O–H groups in total. The van der Waals surface area contributed by atoms with Crippen molar-refractivity contribution in [3.8, 4) is 0 Å². The van der Waals surface area contributed by atoms with Crippen LogP contribution in [0.5, 0.6) is 0 Å². The van der Waals surface area contributed by atoms with Gasteiger partial charge >= 0.3 is 5.97 Å². The van der Waals surface area contributed by atoms with Gasteiger partial charge in [-0.25, -0.2) is 0 Å². The highest BCUT2D eigenvalue weighted by molar-refractivity contribution is 9.09. The largest absolute Gasteiger partial charge is 0.481 e. The van der Waals surface area contributed by atoms with Crippen LogP contribution in [0.3, 0.4) is 0 Å². The van der Waals surface area contributed by atoms with Gasteiger partial charge in [0.1, 0.15) is 0 Å². The van der Waals surface area contributed by atoms with Crippen LogP contribution < -0.4 is 0 Å². The second-order valence-corrected chi connectivity index (χ2v) is 4.66. The molecule has 0 aliphatic carbocycles. The Morgan fingerprint density at radius 2 is 2.00 bits per heavy atom. The summed E-state index contributed by atoms with van der Waals surface area (Å²) >= 11 is 3.38. The summed E-state index contributed by atoms with van der Waals surface area (Å²) in [6.07, 6.45) is 7.04. The summed E-state index contributed by atoms with van der Waals surface area (Å²) in [7, 11) is 0. The molecule has 3 heteroatoms. The Bertz CT molecular complexity index is 368. The summed E-state index contributed by atoms with van der Waals surface area (Å²) in [6, 6.07) is 8.27. The first-order valence-electron chi connectivity index (χ1n) is 5.75. The Labute approximate surface area is 110 Å². The molecule has 0 aliphatic heterocycles. The van der Waals surface area contributed by atoms with Crippen LogP contribution in [0.25, 0.3) is 6.08 Å². The maximum atomic E-state index is 10.4. The van der Waals surface area contributed by atoms with Crippen LogP contribution in [0.4, 0.5) is 0 Å². The van der Waals surface area contributed by atoms with Crippen molar-refractivity contribution in [1.29, 1.82) is 0 Å². The zero-order valence-corrected chi connectivity index (χ0v) is 11.3. The van der Waals surface area contributed by atoms with Crippen molar-refractivity contribution in [3.63, 3.8) is 0 Å². The molecule has 1 aromatic carbocycles. The van der Waals surface area contributed by atoms with Crippen LogP contribution in [0.1, 0.15) is 30.4 Å². The van der Waals surface area contributed by atoms with E-state index in [0.717, 1.165) is 18.2 Å². The third-order valence-corrected chi connectivity index (χ3v) is 2.88. The van der Waals surface area contributed by atoms with Crippen LogP contribution in [-0.4, -0.2) is 16.4 Å². The van der Waals surface area contributed by atoms with Gasteiger partial charge in [0.25, 0.3) is 0 Å². The highest BCUT2D eigenvalue weighted by Gasteiger charge is 1.98. The summed E-state index contributed by atoms with van der Waals surface area (Å²) in [5, 5.41) is 9.53. The first-order valence-corrected chi connectivity index (χ1v) is 6.88. The first kappa shape index (κ1) is 14.0. The zero-order chi connectivity index (χ0) is 12.5. The van der Waals surface area contributed by atoms with Crippen LogP contribution >= 0.6 is 15.9 Å². The maximum Gasteiger partial charge on any atom is 0.303 e. The molecule has 0 fully saturated rings. The van der Waals surface area contributed by atoms with Gasteiger partial charge in [0.15, 0.2) is 0 Å². The lowest BCUT2D eigenvalue weighted by Gasteiger charge is -2.00. The number of rotatable bonds is 7. The molecule has 0 unspecified atom stereocenters. The molecule has 0 amide bonds. The predicted octanol–water partition coefficient (Wildman–Crippen LogP) is 3.89. The van der Waals surface area contributed by atoms with E-state index in [1.807, 2.05) is 0 Å². The van der Waals surface area contributed by atoms with Crippen LogP contribution in [0.2, 0.25) is 0 Å². The second kappa shape index (κ2) is 8.07. The summed E-state index contributed by atoms with van der Waals surface area (Å²) in [5.41, 5.74) is 2.39. The van der Waals surface area contributed by atoms with E-state index in [4.69, 9.17) is 5.11 Å². The Morgan fingerprint density at radius 3 is 2.59 bits per heavy atom. The lowest BCUT2D eigenvalue weighted by molar-refractivity contribution is -0.137. The lowest BCUT2D eigenvalue weighted by Crippen LogP contribution is -1.95. The molecular formula is C14H17BrO2. The van der Waals surface area contributed by atoms with Gasteiger partial charge in [0.05, 0.1) is 0 Å². The van der Waals surface area contributed by atoms with Gasteiger partial charge in [0.2, 0.25) is 0 Å². The van der Waals surface area contributed by atoms with E-state index in [0.29, 0.717) is 6.42 Å². The minimum atomic E-state index is -0.723. The average Bonchev–Trinajstić information content (AvgIpc) is 2.31. The first-order chi connectivity index (χ1) is 8.22. The molecule has 1 aromatic rings. The molecule has 0 saturated heterocycles. The molecule has 0 radical (unpaired) electrons. The minimum Gasteiger partial charge on any atom is -0.481 e. The molecule has 0 spiro atoms. The van der Waals surface area contributed by atoms with Crippen LogP contribution in [0.15, 0.2) is 30.3 Å². The van der Waals surface area contributed by atoms with E-state index in [9.17, 15) is 4.79 Å². The fourth-order valence-electron chi connectivity index (χ4n) is 1.52. The molecule has 92 valence electrons. The SMILES string of the molecule is O=C(O)CCCc1ccc(C=CCCBr)cc1. The van der Waals surface area contributed by atoms with E-state index in [1.165, 1.54) is 11.1 Å². The number of aryl methyl sites for hydroxylation is 1. The Kier molecular flexibility index (Phi) is 6.63. The minimum absolute atomic E-state index is 0.243. The molecule has 1 rings (SSSR count). The van der Waals surface area contributed by atoms with Gasteiger partial charge < -0.3 is 5.11 Å². The van der Waals surface area contributed by atoms with E-state index >= 15 is 0 Å². The van der Waals surface area contributed by atoms with E-state index in [-0.39, 0.29) is 6.42 Å². The number of alkyl halides is 1. The quantitative estimate of drug-likeness (QED) is 0.775. The van der Waals surface area contributed by atoms with Crippen LogP contribution in [-0.2, 0) is 11.2 Å². The van der Waals surface area contributed by atoms with Crippen molar-refractivity contribution in [2.24, 2.45) is 0 Å². The van der Waals surface area contributed by atoms with Crippen molar-refractivity contribution >= 4 is 28.0 Å². The highest BCUT2D eigenvalue weighted by Crippen LogP contribution is 2.09. The number of halogens is 1. The van der Waals surface area contributed by atoms with Gasteiger partial charge in [-0.15, -0.1) is 0 Å². The Hall–Kier alpha value is -1.09. The van der Waals surface area contributed by atoms with E-state index in [1.54, 1.807) is 0 Å². The molecule has 2 nitrogen and oxygen atoms in total. The Balaban J connectivity index is 2.41. The van der Waals surface area contributed by atoms with E-state index < -0.39 is 5.97 Å². The third-order valence-electron chi connectivity index (χ3n) is 2.42. The van der Waals surface area contributed by atoms with Gasteiger partial charge in [-0.1, -0.05) is 52.3 Å². The number of hydrogen-bond donors (Lipinski definition) is 1. The summed E-state index contributed by atoms with van der Waals surface area (Å²) in [6.45, 7) is 0. The molecule has 0 aromatic heterocycles. The maximum absolute atomic E-state index is 10.4. The van der Waals surface area contributed by atoms with Crippen LogP contribution in [0, 0.1) is 0 Å². The summed E-state index contributed by atoms with van der Waals surface area (Å²) in [5.74, 6) is -0.723. The summed E-state index contributed by atoms with van der Waals surface area (Å²) in [4.78, 5) is 10.4. The number of aliphatic carboxylic acids is 1. The topological polar surface area (TPSA) is 37.3 Å². The van der Waals surface area contributed by atoms with Gasteiger partial charge in [0, 0.05) is 11.8 Å². The molecule has 0 heterocycles. The molecular weight excluding hydrogens is 280 g/mol. The Morgan fingerprint density at radius 1 is 1.29 bits per heavy atom. The summed E-state index contributed by atoms with van der Waals surface area (Å²) < 4.78 is 0. The molecule has 17 heavy (non-hydrogen) atoms. The second-order valence-electron chi connectivity index (χ2n) is 3.87. The fourth-order valence-corrected chi connectivity index (χ4v) is 1.79. The monoisotopic (exact) mass is 296 g/mol. The third kappa shape index (κ3) is 6.27. The molecule has 0 saturated carbocycles. The van der Waals surface area contributed by atoms with Crippen molar-refractivity contribution in [2.75, 3.05) is 5.33 Å². The number of carboxylic acid groups (broad SMARTS) is 1. The number of hydrogen-bond acceptors (Lipinski definition) is 1. The van der Waals surface area contributed by atoms with Crippen molar-refractivity contribution in [3.05, 3.63) is 41.5 Å². The molecule has 0 bridgehead atoms.